The van der Waals surface area contributed by atoms with Crippen molar-refractivity contribution >= 4 is 5.65 Å². The minimum absolute atomic E-state index is 0.227. The Morgan fingerprint density at radius 2 is 1.59 bits per heavy atom. The van der Waals surface area contributed by atoms with Crippen LogP contribution >= 0.6 is 0 Å². The molecule has 9 heteroatoms. The van der Waals surface area contributed by atoms with Gasteiger partial charge in [-0.15, -0.1) is 5.10 Å². The van der Waals surface area contributed by atoms with E-state index in [1.54, 1.807) is 18.0 Å². The third-order valence-corrected chi connectivity index (χ3v) is 6.83. The van der Waals surface area contributed by atoms with Gasteiger partial charge < -0.3 is 14.2 Å². The third-order valence-electron chi connectivity index (χ3n) is 6.83. The summed E-state index contributed by atoms with van der Waals surface area (Å²) < 4.78 is 21.3. The van der Waals surface area contributed by atoms with Gasteiger partial charge in [-0.1, -0.05) is 48.5 Å². The van der Waals surface area contributed by atoms with Gasteiger partial charge in [0, 0.05) is 0 Å². The molecule has 0 radical (unpaired) electrons. The van der Waals surface area contributed by atoms with Crippen LogP contribution in [0, 0.1) is 6.92 Å². The molecule has 0 spiro atoms. The second-order valence-corrected chi connectivity index (χ2v) is 9.22. The van der Waals surface area contributed by atoms with Gasteiger partial charge in [-0.25, -0.2) is 19.2 Å². The molecule has 3 aromatic carbocycles. The van der Waals surface area contributed by atoms with Gasteiger partial charge in [-0.2, -0.15) is 5.10 Å². The predicted molar refractivity (Wildman–Crippen MR) is 144 cm³/mol. The van der Waals surface area contributed by atoms with E-state index in [2.05, 4.69) is 22.2 Å². The van der Waals surface area contributed by atoms with Crippen LogP contribution in [0.1, 0.15) is 34.1 Å². The average Bonchev–Trinajstić information content (AvgIpc) is 3.56. The largest absolute Gasteiger partial charge is 0.497 e. The van der Waals surface area contributed by atoms with E-state index in [1.165, 1.54) is 0 Å². The summed E-state index contributed by atoms with van der Waals surface area (Å²) >= 11 is 0. The summed E-state index contributed by atoms with van der Waals surface area (Å²) in [4.78, 5) is 9.54. The molecule has 192 valence electrons. The number of nitrogens with zero attached hydrogens (tertiary/aromatic N) is 6. The molecule has 0 fully saturated rings. The molecule has 3 aromatic heterocycles. The number of fused-ring (bicyclic) bond motifs is 4. The lowest BCUT2D eigenvalue weighted by molar-refractivity contribution is 0.296. The summed E-state index contributed by atoms with van der Waals surface area (Å²) in [5.41, 5.74) is 5.24. The van der Waals surface area contributed by atoms with Gasteiger partial charge in [-0.05, 0) is 48.9 Å². The monoisotopic (exact) mass is 516 g/mol. The summed E-state index contributed by atoms with van der Waals surface area (Å²) in [5.74, 6) is 2.94. The van der Waals surface area contributed by atoms with E-state index in [9.17, 15) is 0 Å². The fourth-order valence-corrected chi connectivity index (χ4v) is 5.02. The van der Waals surface area contributed by atoms with Crippen LogP contribution in [-0.2, 0) is 6.61 Å². The van der Waals surface area contributed by atoms with Crippen LogP contribution in [0.15, 0.2) is 91.3 Å². The maximum Gasteiger partial charge on any atom is 0.230 e. The van der Waals surface area contributed by atoms with Gasteiger partial charge in [0.05, 0.1) is 35.5 Å². The van der Waals surface area contributed by atoms with Crippen molar-refractivity contribution in [2.45, 2.75) is 19.4 Å². The molecule has 0 N–H and O–H groups in total. The zero-order chi connectivity index (χ0) is 26.3. The number of benzene rings is 3. The molecule has 0 amide bonds. The van der Waals surface area contributed by atoms with Crippen LogP contribution in [0.2, 0.25) is 0 Å². The molecule has 0 saturated carbocycles. The topological polar surface area (TPSA) is 88.6 Å². The quantitative estimate of drug-likeness (QED) is 0.289. The van der Waals surface area contributed by atoms with Crippen LogP contribution < -0.4 is 14.2 Å². The lowest BCUT2D eigenvalue weighted by atomic mass is 9.84. The van der Waals surface area contributed by atoms with Crippen molar-refractivity contribution in [2.75, 3.05) is 7.11 Å². The SMILES string of the molecule is COc1ccc([C@H]2c3c(C)nn(-c4ccccc4)c3Oc3ncn4nc(COc5ccccc5)nc4c32)cc1. The Hall–Kier alpha value is -5.18. The van der Waals surface area contributed by atoms with Crippen LogP contribution in [-0.4, -0.2) is 36.5 Å². The zero-order valence-corrected chi connectivity index (χ0v) is 21.4. The van der Waals surface area contributed by atoms with Gasteiger partial charge in [0.1, 0.15) is 24.4 Å². The van der Waals surface area contributed by atoms with Crippen LogP contribution in [0.3, 0.4) is 0 Å². The molecule has 6 aromatic rings. The number of aromatic nitrogens is 6. The normalized spacial score (nSPS) is 13.9. The summed E-state index contributed by atoms with van der Waals surface area (Å²) in [7, 11) is 1.66. The fraction of sp³-hybridized carbons (Fsp3) is 0.133. The molecule has 39 heavy (non-hydrogen) atoms. The number of methoxy groups -OCH3 is 1. The van der Waals surface area contributed by atoms with Gasteiger partial charge in [0.15, 0.2) is 11.5 Å². The van der Waals surface area contributed by atoms with Crippen molar-refractivity contribution in [2.24, 2.45) is 0 Å². The Balaban J connectivity index is 1.38. The average molecular weight is 517 g/mol. The first-order valence-corrected chi connectivity index (χ1v) is 12.6. The molecule has 1 atom stereocenters. The molecule has 9 nitrogen and oxygen atoms in total. The lowest BCUT2D eigenvalue weighted by Crippen LogP contribution is -2.16. The van der Waals surface area contributed by atoms with E-state index < -0.39 is 0 Å². The highest BCUT2D eigenvalue weighted by atomic mass is 16.5. The van der Waals surface area contributed by atoms with Crippen LogP contribution in [0.4, 0.5) is 0 Å². The van der Waals surface area contributed by atoms with E-state index >= 15 is 0 Å². The molecule has 0 saturated heterocycles. The van der Waals surface area contributed by atoms with E-state index in [0.29, 0.717) is 23.2 Å². The molecule has 0 unspecified atom stereocenters. The van der Waals surface area contributed by atoms with E-state index in [1.807, 2.05) is 84.4 Å². The second kappa shape index (κ2) is 9.29. The van der Waals surface area contributed by atoms with Crippen molar-refractivity contribution in [1.29, 1.82) is 0 Å². The zero-order valence-electron chi connectivity index (χ0n) is 21.4. The van der Waals surface area contributed by atoms with Gasteiger partial charge in [0.25, 0.3) is 0 Å². The molecular weight excluding hydrogens is 492 g/mol. The van der Waals surface area contributed by atoms with Crippen LogP contribution in [0.25, 0.3) is 11.3 Å². The number of hydrogen-bond acceptors (Lipinski definition) is 7. The molecule has 1 aliphatic rings. The van der Waals surface area contributed by atoms with E-state index in [4.69, 9.17) is 24.3 Å². The standard InChI is InChI=1S/C30H24N6O3/c1-19-25-26(20-13-15-22(37-2)16-14-20)27-28-32-24(17-38-23-11-7-4-8-12-23)34-35(28)18-31-29(27)39-30(25)36(33-19)21-9-5-3-6-10-21/h3-16,18,26H,17H2,1-2H3/t26-/m0/s1. The Labute approximate surface area is 224 Å². The third kappa shape index (κ3) is 3.95. The van der Waals surface area contributed by atoms with Crippen molar-refractivity contribution in [3.63, 3.8) is 0 Å². The first kappa shape index (κ1) is 23.0. The highest BCUT2D eigenvalue weighted by Gasteiger charge is 2.38. The Morgan fingerprint density at radius 3 is 2.33 bits per heavy atom. The van der Waals surface area contributed by atoms with E-state index in [-0.39, 0.29) is 12.5 Å². The molecule has 1 aliphatic heterocycles. The number of hydrogen-bond donors (Lipinski definition) is 0. The predicted octanol–water partition coefficient (Wildman–Crippen LogP) is 5.49. The Morgan fingerprint density at radius 1 is 0.846 bits per heavy atom. The smallest absolute Gasteiger partial charge is 0.230 e. The highest BCUT2D eigenvalue weighted by Crippen LogP contribution is 2.49. The number of aryl methyl sites for hydroxylation is 1. The van der Waals surface area contributed by atoms with Crippen molar-refractivity contribution in [1.82, 2.24) is 29.4 Å². The first-order valence-electron chi connectivity index (χ1n) is 12.6. The molecule has 0 bridgehead atoms. The summed E-state index contributed by atoms with van der Waals surface area (Å²) in [6, 6.07) is 27.6. The fourth-order valence-electron chi connectivity index (χ4n) is 5.02. The summed E-state index contributed by atoms with van der Waals surface area (Å²) in [5, 5.41) is 9.52. The van der Waals surface area contributed by atoms with E-state index in [0.717, 1.165) is 39.6 Å². The first-order chi connectivity index (χ1) is 19.2. The summed E-state index contributed by atoms with van der Waals surface area (Å²) in [6.07, 6.45) is 1.62. The number of rotatable bonds is 6. The molecule has 7 rings (SSSR count). The minimum Gasteiger partial charge on any atom is -0.497 e. The maximum atomic E-state index is 6.48. The Kier molecular flexibility index (Phi) is 5.47. The minimum atomic E-state index is -0.240. The highest BCUT2D eigenvalue weighted by molar-refractivity contribution is 5.66. The van der Waals surface area contributed by atoms with Crippen molar-refractivity contribution in [3.05, 3.63) is 119 Å². The maximum absolute atomic E-state index is 6.48. The molecule has 0 aliphatic carbocycles. The van der Waals surface area contributed by atoms with Crippen LogP contribution in [0.5, 0.6) is 23.3 Å². The molecular formula is C30H24N6O3. The van der Waals surface area contributed by atoms with Gasteiger partial charge in [-0.3, -0.25) is 0 Å². The van der Waals surface area contributed by atoms with Crippen molar-refractivity contribution < 1.29 is 14.2 Å². The van der Waals surface area contributed by atoms with Gasteiger partial charge in [0.2, 0.25) is 11.8 Å². The number of ether oxygens (including phenoxy) is 3. The second-order valence-electron chi connectivity index (χ2n) is 9.22. The number of para-hydroxylation sites is 2. The Bertz CT molecular complexity index is 1780. The van der Waals surface area contributed by atoms with Crippen molar-refractivity contribution in [3.8, 4) is 28.9 Å². The lowest BCUT2D eigenvalue weighted by Gasteiger charge is -2.26. The molecule has 4 heterocycles. The summed E-state index contributed by atoms with van der Waals surface area (Å²) in [6.45, 7) is 2.23. The van der Waals surface area contributed by atoms with Gasteiger partial charge >= 0.3 is 0 Å².